The van der Waals surface area contributed by atoms with Crippen molar-refractivity contribution < 1.29 is 14.6 Å². The van der Waals surface area contributed by atoms with E-state index in [1.54, 1.807) is 12.0 Å². The third kappa shape index (κ3) is 5.35. The van der Waals surface area contributed by atoms with Gasteiger partial charge in [0.15, 0.2) is 0 Å². The number of nitrogens with one attached hydrogen (secondary N) is 1. The lowest BCUT2D eigenvalue weighted by Gasteiger charge is -2.35. The number of rotatable bonds is 8. The van der Waals surface area contributed by atoms with Crippen molar-refractivity contribution in [2.24, 2.45) is 5.92 Å². The van der Waals surface area contributed by atoms with E-state index in [0.29, 0.717) is 19.0 Å². The zero-order valence-corrected chi connectivity index (χ0v) is 21.0. The van der Waals surface area contributed by atoms with Crippen molar-refractivity contribution in [3.63, 3.8) is 0 Å². The van der Waals surface area contributed by atoms with Gasteiger partial charge in [-0.2, -0.15) is 0 Å². The molecule has 3 aromatic rings. The zero-order valence-electron chi connectivity index (χ0n) is 21.0. The Morgan fingerprint density at radius 2 is 1.60 bits per heavy atom. The molecule has 0 saturated carbocycles. The molecule has 1 aliphatic rings. The van der Waals surface area contributed by atoms with Crippen LogP contribution in [-0.4, -0.2) is 41.8 Å². The maximum atomic E-state index is 12.4. The van der Waals surface area contributed by atoms with E-state index in [2.05, 4.69) is 62.5 Å². The fourth-order valence-electron chi connectivity index (χ4n) is 5.42. The lowest BCUT2D eigenvalue weighted by molar-refractivity contribution is 0.132. The first-order valence-electron chi connectivity index (χ1n) is 12.4. The molecule has 184 valence electrons. The Balaban J connectivity index is 1.72. The largest absolute Gasteiger partial charge is 0.496 e. The molecular formula is C30H36N2O3. The van der Waals surface area contributed by atoms with Gasteiger partial charge in [0.25, 0.3) is 0 Å². The quantitative estimate of drug-likeness (QED) is 0.415. The Bertz CT molecular complexity index is 1080. The minimum Gasteiger partial charge on any atom is -0.496 e. The van der Waals surface area contributed by atoms with Gasteiger partial charge in [0.2, 0.25) is 0 Å². The van der Waals surface area contributed by atoms with Crippen LogP contribution in [0.25, 0.3) is 0 Å². The highest BCUT2D eigenvalue weighted by Crippen LogP contribution is 2.39. The van der Waals surface area contributed by atoms with Crippen LogP contribution in [0.5, 0.6) is 5.75 Å². The van der Waals surface area contributed by atoms with Gasteiger partial charge >= 0.3 is 6.09 Å². The Hall–Kier alpha value is -3.31. The number of hydrogen-bond donors (Lipinski definition) is 2. The first-order chi connectivity index (χ1) is 16.9. The maximum Gasteiger partial charge on any atom is 0.407 e. The molecule has 1 aliphatic heterocycles. The third-order valence-electron chi connectivity index (χ3n) is 7.23. The maximum absolute atomic E-state index is 12.4. The lowest BCUT2D eigenvalue weighted by atomic mass is 9.80. The monoisotopic (exact) mass is 472 g/mol. The van der Waals surface area contributed by atoms with Gasteiger partial charge in [-0.05, 0) is 34.6 Å². The lowest BCUT2D eigenvalue weighted by Crippen LogP contribution is -2.49. The summed E-state index contributed by atoms with van der Waals surface area (Å²) in [6.45, 7) is 7.62. The van der Waals surface area contributed by atoms with E-state index >= 15 is 0 Å². The van der Waals surface area contributed by atoms with Crippen LogP contribution in [0.2, 0.25) is 0 Å². The number of benzene rings is 3. The van der Waals surface area contributed by atoms with E-state index in [0.717, 1.165) is 22.4 Å². The predicted octanol–water partition coefficient (Wildman–Crippen LogP) is 6.11. The van der Waals surface area contributed by atoms with Crippen LogP contribution in [0.4, 0.5) is 4.79 Å². The van der Waals surface area contributed by atoms with Crippen LogP contribution < -0.4 is 10.1 Å². The molecule has 1 saturated heterocycles. The summed E-state index contributed by atoms with van der Waals surface area (Å²) in [4.78, 5) is 14.1. The molecule has 1 amide bonds. The van der Waals surface area contributed by atoms with Gasteiger partial charge in [-0.1, -0.05) is 93.6 Å². The number of amides is 1. The summed E-state index contributed by atoms with van der Waals surface area (Å²) >= 11 is 0. The van der Waals surface area contributed by atoms with Crippen molar-refractivity contribution >= 4 is 6.09 Å². The summed E-state index contributed by atoms with van der Waals surface area (Å²) < 4.78 is 5.65. The van der Waals surface area contributed by atoms with E-state index in [1.165, 1.54) is 5.56 Å². The second kappa shape index (κ2) is 11.0. The average Bonchev–Trinajstić information content (AvgIpc) is 3.20. The average molecular weight is 473 g/mol. The van der Waals surface area contributed by atoms with Crippen LogP contribution in [0.1, 0.15) is 54.9 Å². The second-order valence-corrected chi connectivity index (χ2v) is 9.83. The highest BCUT2D eigenvalue weighted by molar-refractivity contribution is 5.67. The summed E-state index contributed by atoms with van der Waals surface area (Å²) in [7, 11) is 1.70. The van der Waals surface area contributed by atoms with Crippen LogP contribution >= 0.6 is 0 Å². The highest BCUT2D eigenvalue weighted by atomic mass is 16.5. The summed E-state index contributed by atoms with van der Waals surface area (Å²) in [5, 5.41) is 14.0. The Kier molecular flexibility index (Phi) is 7.76. The van der Waals surface area contributed by atoms with Crippen molar-refractivity contribution in [1.82, 2.24) is 10.2 Å². The molecule has 4 rings (SSSR count). The molecule has 0 bridgehead atoms. The van der Waals surface area contributed by atoms with Gasteiger partial charge in [0.1, 0.15) is 5.75 Å². The second-order valence-electron chi connectivity index (χ2n) is 9.83. The van der Waals surface area contributed by atoms with Crippen molar-refractivity contribution in [2.45, 2.75) is 51.2 Å². The van der Waals surface area contributed by atoms with Gasteiger partial charge in [-0.15, -0.1) is 0 Å². The summed E-state index contributed by atoms with van der Waals surface area (Å²) in [6, 6.07) is 26.6. The fraction of sp³-hybridized carbons (Fsp3) is 0.367. The number of carboxylic acid groups (broad SMARTS) is 1. The molecule has 5 nitrogen and oxygen atoms in total. The van der Waals surface area contributed by atoms with Gasteiger partial charge in [-0.25, -0.2) is 4.79 Å². The molecular weight excluding hydrogens is 436 g/mol. The number of methoxy groups -OCH3 is 1. The predicted molar refractivity (Wildman–Crippen MR) is 140 cm³/mol. The minimum atomic E-state index is -0.873. The van der Waals surface area contributed by atoms with E-state index in [-0.39, 0.29) is 23.9 Å². The van der Waals surface area contributed by atoms with E-state index in [4.69, 9.17) is 4.74 Å². The molecule has 5 heteroatoms. The molecule has 35 heavy (non-hydrogen) atoms. The summed E-state index contributed by atoms with van der Waals surface area (Å²) in [5.74, 6) is 1.34. The number of hydrogen-bond acceptors (Lipinski definition) is 3. The van der Waals surface area contributed by atoms with Crippen LogP contribution in [0.3, 0.4) is 0 Å². The number of likely N-dealkylation sites (tertiary alicyclic amines) is 1. The normalized spacial score (nSPS) is 19.9. The van der Waals surface area contributed by atoms with E-state index in [9.17, 15) is 9.90 Å². The summed E-state index contributed by atoms with van der Waals surface area (Å²) in [6.07, 6.45) is -0.873. The van der Waals surface area contributed by atoms with Crippen molar-refractivity contribution in [1.29, 1.82) is 0 Å². The Morgan fingerprint density at radius 1 is 1.00 bits per heavy atom. The van der Waals surface area contributed by atoms with Gasteiger partial charge in [-0.3, -0.25) is 0 Å². The number of ether oxygens (including phenoxy) is 1. The molecule has 3 atom stereocenters. The van der Waals surface area contributed by atoms with Crippen molar-refractivity contribution in [2.75, 3.05) is 13.7 Å². The number of nitrogens with zero attached hydrogens (tertiary/aromatic N) is 1. The van der Waals surface area contributed by atoms with E-state index < -0.39 is 6.09 Å². The molecule has 3 aromatic carbocycles. The molecule has 0 aromatic heterocycles. The molecule has 0 spiro atoms. The van der Waals surface area contributed by atoms with Crippen LogP contribution in [0.15, 0.2) is 78.9 Å². The SMILES string of the molecule is COc1ccc(C(C)C)cc1CNC1C(C)CN(C(=O)O)C1C(c1ccccc1)c1ccccc1. The standard InChI is InChI=1S/C30H36N2O3/c1-20(2)24-15-16-26(35-4)25(17-24)18-31-28-21(3)19-32(30(33)34)29(28)27(22-11-7-5-8-12-22)23-13-9-6-10-14-23/h5-17,20-21,27-29,31H,18-19H2,1-4H3,(H,33,34). The van der Waals surface area contributed by atoms with Gasteiger partial charge in [0.05, 0.1) is 13.2 Å². The highest BCUT2D eigenvalue weighted by Gasteiger charge is 2.46. The van der Waals surface area contributed by atoms with Gasteiger partial charge < -0.3 is 20.1 Å². The third-order valence-corrected chi connectivity index (χ3v) is 7.23. The topological polar surface area (TPSA) is 61.8 Å². The minimum absolute atomic E-state index is 0.0241. The number of carbonyl (C=O) groups is 1. The van der Waals surface area contributed by atoms with Gasteiger partial charge in [0, 0.05) is 30.6 Å². The molecule has 1 fully saturated rings. The van der Waals surface area contributed by atoms with E-state index in [1.807, 2.05) is 42.5 Å². The first-order valence-corrected chi connectivity index (χ1v) is 12.4. The Morgan fingerprint density at radius 3 is 2.11 bits per heavy atom. The van der Waals surface area contributed by atoms with Crippen LogP contribution in [0, 0.1) is 5.92 Å². The molecule has 0 aliphatic carbocycles. The van der Waals surface area contributed by atoms with Crippen molar-refractivity contribution in [3.05, 3.63) is 101 Å². The molecule has 2 N–H and O–H groups in total. The van der Waals surface area contributed by atoms with Crippen LogP contribution in [-0.2, 0) is 6.54 Å². The molecule has 3 unspecified atom stereocenters. The fourth-order valence-corrected chi connectivity index (χ4v) is 5.42. The van der Waals surface area contributed by atoms with Crippen molar-refractivity contribution in [3.8, 4) is 5.75 Å². The molecule has 0 radical (unpaired) electrons. The first kappa shape index (κ1) is 24.8. The zero-order chi connectivity index (χ0) is 24.9. The smallest absolute Gasteiger partial charge is 0.407 e. The molecule has 1 heterocycles. The summed E-state index contributed by atoms with van der Waals surface area (Å²) in [5.41, 5.74) is 4.59. The Labute approximate surface area is 208 Å².